The van der Waals surface area contributed by atoms with E-state index in [9.17, 15) is 19.5 Å². The van der Waals surface area contributed by atoms with Gasteiger partial charge in [-0.25, -0.2) is 4.79 Å². The van der Waals surface area contributed by atoms with E-state index >= 15 is 0 Å². The predicted octanol–water partition coefficient (Wildman–Crippen LogP) is 1.62. The number of nitrogens with zero attached hydrogens (tertiary/aromatic N) is 1. The van der Waals surface area contributed by atoms with Crippen molar-refractivity contribution in [3.8, 4) is 0 Å². The number of carboxylic acid groups (broad SMARTS) is 1. The van der Waals surface area contributed by atoms with Gasteiger partial charge in [0, 0.05) is 20.0 Å². The maximum absolute atomic E-state index is 12.8. The minimum absolute atomic E-state index is 0.162. The highest BCUT2D eigenvalue weighted by Crippen LogP contribution is 2.23. The van der Waals surface area contributed by atoms with E-state index in [4.69, 9.17) is 0 Å². The summed E-state index contributed by atoms with van der Waals surface area (Å²) in [6.45, 7) is 5.14. The van der Waals surface area contributed by atoms with Crippen molar-refractivity contribution in [3.05, 3.63) is 35.9 Å². The largest absolute Gasteiger partial charge is 0.480 e. The lowest BCUT2D eigenvalue weighted by atomic mass is 9.94. The van der Waals surface area contributed by atoms with Crippen LogP contribution in [0.1, 0.15) is 38.7 Å². The Hall–Kier alpha value is -2.37. The van der Waals surface area contributed by atoms with Crippen LogP contribution < -0.4 is 5.32 Å². The summed E-state index contributed by atoms with van der Waals surface area (Å²) in [6.07, 6.45) is 0.575. The third kappa shape index (κ3) is 5.39. The highest BCUT2D eigenvalue weighted by Gasteiger charge is 2.30. The maximum atomic E-state index is 12.8. The number of rotatable bonds is 8. The molecule has 0 fully saturated rings. The molecule has 2 atom stereocenters. The van der Waals surface area contributed by atoms with E-state index in [1.807, 2.05) is 37.3 Å². The van der Waals surface area contributed by atoms with Crippen LogP contribution in [-0.2, 0) is 14.4 Å². The first-order valence-electron chi connectivity index (χ1n) is 7.71. The van der Waals surface area contributed by atoms with Gasteiger partial charge in [0.1, 0.15) is 6.04 Å². The summed E-state index contributed by atoms with van der Waals surface area (Å²) >= 11 is 0. The standard InChI is InChI=1S/C17H24N2O4/c1-4-15(14-8-6-5-7-9-14)16(21)19(12(2)17(22)23)11-10-18-13(3)20/h5-9,12,15H,4,10-11H2,1-3H3,(H,18,20)(H,22,23). The van der Waals surface area contributed by atoms with Gasteiger partial charge in [0.25, 0.3) is 0 Å². The zero-order valence-corrected chi connectivity index (χ0v) is 13.8. The van der Waals surface area contributed by atoms with Crippen molar-refractivity contribution in [2.45, 2.75) is 39.2 Å². The average Bonchev–Trinajstić information content (AvgIpc) is 2.52. The summed E-state index contributed by atoms with van der Waals surface area (Å²) in [5, 5.41) is 11.8. The fraction of sp³-hybridized carbons (Fsp3) is 0.471. The summed E-state index contributed by atoms with van der Waals surface area (Å²) in [5.74, 6) is -1.91. The molecule has 2 unspecified atom stereocenters. The monoisotopic (exact) mass is 320 g/mol. The second kappa shape index (κ2) is 8.92. The quantitative estimate of drug-likeness (QED) is 0.762. The van der Waals surface area contributed by atoms with Crippen molar-refractivity contribution in [1.29, 1.82) is 0 Å². The summed E-state index contributed by atoms with van der Waals surface area (Å²) in [4.78, 5) is 36.5. The lowest BCUT2D eigenvalue weighted by molar-refractivity contribution is -0.150. The molecule has 0 saturated carbocycles. The van der Waals surface area contributed by atoms with Gasteiger partial charge in [-0.2, -0.15) is 0 Å². The first-order valence-corrected chi connectivity index (χ1v) is 7.71. The van der Waals surface area contributed by atoms with Gasteiger partial charge in [-0.15, -0.1) is 0 Å². The molecule has 23 heavy (non-hydrogen) atoms. The van der Waals surface area contributed by atoms with E-state index < -0.39 is 17.9 Å². The Kier molecular flexibility index (Phi) is 7.25. The Morgan fingerprint density at radius 2 is 1.83 bits per heavy atom. The van der Waals surface area contributed by atoms with Crippen LogP contribution >= 0.6 is 0 Å². The van der Waals surface area contributed by atoms with Crippen LogP contribution in [0, 0.1) is 0 Å². The highest BCUT2D eigenvalue weighted by atomic mass is 16.4. The second-order valence-electron chi connectivity index (χ2n) is 5.40. The second-order valence-corrected chi connectivity index (χ2v) is 5.40. The highest BCUT2D eigenvalue weighted by molar-refractivity contribution is 5.88. The minimum Gasteiger partial charge on any atom is -0.480 e. The first-order chi connectivity index (χ1) is 10.9. The minimum atomic E-state index is -1.07. The van der Waals surface area contributed by atoms with Crippen LogP contribution in [0.25, 0.3) is 0 Å². The van der Waals surface area contributed by atoms with Crippen molar-refractivity contribution < 1.29 is 19.5 Å². The number of hydrogen-bond acceptors (Lipinski definition) is 3. The van der Waals surface area contributed by atoms with E-state index in [1.165, 1.54) is 18.7 Å². The van der Waals surface area contributed by atoms with E-state index in [1.54, 1.807) is 0 Å². The number of benzene rings is 1. The molecule has 0 aliphatic rings. The molecule has 0 saturated heterocycles. The molecule has 6 heteroatoms. The molecule has 1 rings (SSSR count). The molecule has 0 heterocycles. The van der Waals surface area contributed by atoms with Crippen LogP contribution in [0.15, 0.2) is 30.3 Å². The number of carbonyl (C=O) groups is 3. The van der Waals surface area contributed by atoms with Gasteiger partial charge in [0.15, 0.2) is 0 Å². The molecule has 2 amide bonds. The molecule has 2 N–H and O–H groups in total. The van der Waals surface area contributed by atoms with Gasteiger partial charge in [-0.1, -0.05) is 37.3 Å². The molecule has 0 aliphatic heterocycles. The van der Waals surface area contributed by atoms with E-state index in [2.05, 4.69) is 5.32 Å². The predicted molar refractivity (Wildman–Crippen MR) is 87.0 cm³/mol. The third-order valence-corrected chi connectivity index (χ3v) is 3.74. The number of hydrogen-bond donors (Lipinski definition) is 2. The van der Waals surface area contributed by atoms with Crippen LogP contribution in [0.3, 0.4) is 0 Å². The average molecular weight is 320 g/mol. The lowest BCUT2D eigenvalue weighted by Crippen LogP contribution is -2.48. The number of carbonyl (C=O) groups excluding carboxylic acids is 2. The Balaban J connectivity index is 2.96. The van der Waals surface area contributed by atoms with E-state index in [-0.39, 0.29) is 24.9 Å². The molecule has 0 spiro atoms. The van der Waals surface area contributed by atoms with Crippen molar-refractivity contribution in [1.82, 2.24) is 10.2 Å². The molecule has 126 valence electrons. The number of nitrogens with one attached hydrogen (secondary N) is 1. The van der Waals surface area contributed by atoms with Crippen molar-refractivity contribution in [2.75, 3.05) is 13.1 Å². The Morgan fingerprint density at radius 1 is 1.22 bits per heavy atom. The Morgan fingerprint density at radius 3 is 2.30 bits per heavy atom. The lowest BCUT2D eigenvalue weighted by Gasteiger charge is -2.30. The van der Waals surface area contributed by atoms with Gasteiger partial charge >= 0.3 is 5.97 Å². The summed E-state index contributed by atoms with van der Waals surface area (Å²) < 4.78 is 0. The summed E-state index contributed by atoms with van der Waals surface area (Å²) in [7, 11) is 0. The molecular weight excluding hydrogens is 296 g/mol. The fourth-order valence-electron chi connectivity index (χ4n) is 2.42. The molecule has 0 aliphatic carbocycles. The van der Waals surface area contributed by atoms with Crippen molar-refractivity contribution in [2.24, 2.45) is 0 Å². The number of aliphatic carboxylic acids is 1. The zero-order chi connectivity index (χ0) is 17.4. The molecule has 0 aromatic heterocycles. The third-order valence-electron chi connectivity index (χ3n) is 3.74. The number of carboxylic acids is 1. The molecule has 1 aromatic carbocycles. The molecule has 0 radical (unpaired) electrons. The van der Waals surface area contributed by atoms with Crippen LogP contribution in [-0.4, -0.2) is 46.9 Å². The summed E-state index contributed by atoms with van der Waals surface area (Å²) in [6, 6.07) is 8.36. The first kappa shape index (κ1) is 18.7. The zero-order valence-electron chi connectivity index (χ0n) is 13.8. The molecule has 1 aromatic rings. The smallest absolute Gasteiger partial charge is 0.326 e. The molecule has 0 bridgehead atoms. The molecular formula is C17H24N2O4. The Bertz CT molecular complexity index is 545. The van der Waals surface area contributed by atoms with Gasteiger partial charge < -0.3 is 15.3 Å². The van der Waals surface area contributed by atoms with Crippen LogP contribution in [0.5, 0.6) is 0 Å². The topological polar surface area (TPSA) is 86.7 Å². The Labute approximate surface area is 136 Å². The van der Waals surface area contributed by atoms with Crippen LogP contribution in [0.4, 0.5) is 0 Å². The van der Waals surface area contributed by atoms with Gasteiger partial charge in [0.05, 0.1) is 5.92 Å². The van der Waals surface area contributed by atoms with Gasteiger partial charge in [-0.3, -0.25) is 9.59 Å². The summed E-state index contributed by atoms with van der Waals surface area (Å²) in [5.41, 5.74) is 0.863. The SMILES string of the molecule is CCC(C(=O)N(CCNC(C)=O)C(C)C(=O)O)c1ccccc1. The van der Waals surface area contributed by atoms with Crippen LogP contribution in [0.2, 0.25) is 0 Å². The molecule has 6 nitrogen and oxygen atoms in total. The van der Waals surface area contributed by atoms with Gasteiger partial charge in [-0.05, 0) is 18.9 Å². The number of amides is 2. The normalized spacial score (nSPS) is 13.0. The van der Waals surface area contributed by atoms with Crippen molar-refractivity contribution in [3.63, 3.8) is 0 Å². The van der Waals surface area contributed by atoms with E-state index in [0.29, 0.717) is 6.42 Å². The van der Waals surface area contributed by atoms with E-state index in [0.717, 1.165) is 5.56 Å². The van der Waals surface area contributed by atoms with Crippen molar-refractivity contribution >= 4 is 17.8 Å². The maximum Gasteiger partial charge on any atom is 0.326 e. The van der Waals surface area contributed by atoms with Gasteiger partial charge in [0.2, 0.25) is 11.8 Å². The fourth-order valence-corrected chi connectivity index (χ4v) is 2.42.